The Hall–Kier alpha value is -0.350. The van der Waals surface area contributed by atoms with E-state index in [1.807, 2.05) is 12.1 Å². The van der Waals surface area contributed by atoms with Crippen molar-refractivity contribution in [3.05, 3.63) is 68.6 Å². The summed E-state index contributed by atoms with van der Waals surface area (Å²) >= 11 is 7.10. The van der Waals surface area contributed by atoms with Gasteiger partial charge in [0.05, 0.1) is 0 Å². The molecule has 18 heavy (non-hydrogen) atoms. The number of hydrogen-bond acceptors (Lipinski definition) is 1. The van der Waals surface area contributed by atoms with Gasteiger partial charge in [-0.15, -0.1) is 12.4 Å². The van der Waals surface area contributed by atoms with Crippen LogP contribution in [0.3, 0.4) is 0 Å². The maximum atomic E-state index is 3.55. The summed E-state index contributed by atoms with van der Waals surface area (Å²) < 4.78 is 2.30. The molecule has 0 heterocycles. The van der Waals surface area contributed by atoms with Gasteiger partial charge < -0.3 is 5.32 Å². The molecule has 2 aromatic rings. The molecule has 0 unspecified atom stereocenters. The first-order chi connectivity index (χ1) is 8.27. The Morgan fingerprint density at radius 1 is 0.722 bits per heavy atom. The highest BCUT2D eigenvalue weighted by molar-refractivity contribution is 9.10. The third kappa shape index (κ3) is 4.39. The summed E-state index contributed by atoms with van der Waals surface area (Å²) in [5.74, 6) is 0. The van der Waals surface area contributed by atoms with E-state index in [4.69, 9.17) is 0 Å². The van der Waals surface area contributed by atoms with Gasteiger partial charge in [0.25, 0.3) is 0 Å². The van der Waals surface area contributed by atoms with E-state index >= 15 is 0 Å². The van der Waals surface area contributed by atoms with Crippen LogP contribution in [0.1, 0.15) is 11.1 Å². The molecule has 0 aromatic heterocycles. The van der Waals surface area contributed by atoms with Gasteiger partial charge in [0.2, 0.25) is 0 Å². The number of halogens is 3. The van der Waals surface area contributed by atoms with E-state index in [1.165, 1.54) is 11.1 Å². The predicted octanol–water partition coefficient (Wildman–Crippen LogP) is 4.92. The molecule has 1 nitrogen and oxygen atoms in total. The lowest BCUT2D eigenvalue weighted by Crippen LogP contribution is -2.13. The van der Waals surface area contributed by atoms with E-state index in [9.17, 15) is 0 Å². The van der Waals surface area contributed by atoms with Crippen molar-refractivity contribution in [3.63, 3.8) is 0 Å². The van der Waals surface area contributed by atoms with E-state index in [-0.39, 0.29) is 12.4 Å². The number of nitrogens with one attached hydrogen (secondary N) is 1. The van der Waals surface area contributed by atoms with Crippen LogP contribution in [0.15, 0.2) is 57.5 Å². The first kappa shape index (κ1) is 15.7. The largest absolute Gasteiger partial charge is 0.309 e. The summed E-state index contributed by atoms with van der Waals surface area (Å²) in [4.78, 5) is 0. The molecule has 2 rings (SSSR count). The van der Waals surface area contributed by atoms with Gasteiger partial charge >= 0.3 is 0 Å². The Labute approximate surface area is 131 Å². The molecule has 96 valence electrons. The van der Waals surface area contributed by atoms with Crippen molar-refractivity contribution in [2.45, 2.75) is 13.1 Å². The van der Waals surface area contributed by atoms with Crippen LogP contribution in [-0.2, 0) is 13.1 Å². The Bertz CT molecular complexity index is 457. The molecular weight excluding hydrogens is 377 g/mol. The Kier molecular flexibility index (Phi) is 6.94. The van der Waals surface area contributed by atoms with Crippen molar-refractivity contribution in [2.75, 3.05) is 0 Å². The Morgan fingerprint density at radius 3 is 1.50 bits per heavy atom. The smallest absolute Gasteiger partial charge is 0.0220 e. The van der Waals surface area contributed by atoms with Gasteiger partial charge in [-0.2, -0.15) is 0 Å². The van der Waals surface area contributed by atoms with Gasteiger partial charge in [-0.25, -0.2) is 0 Å². The van der Waals surface area contributed by atoms with Gasteiger partial charge in [-0.05, 0) is 23.3 Å². The molecule has 0 spiro atoms. The molecule has 0 amide bonds. The minimum absolute atomic E-state index is 0. The van der Waals surface area contributed by atoms with Crippen LogP contribution >= 0.6 is 44.3 Å². The third-order valence-electron chi connectivity index (χ3n) is 2.55. The van der Waals surface area contributed by atoms with Crippen LogP contribution in [-0.4, -0.2) is 0 Å². The van der Waals surface area contributed by atoms with E-state index in [1.54, 1.807) is 0 Å². The van der Waals surface area contributed by atoms with Crippen LogP contribution in [0.2, 0.25) is 0 Å². The number of benzene rings is 2. The summed E-state index contributed by atoms with van der Waals surface area (Å²) in [6, 6.07) is 16.5. The molecule has 0 saturated heterocycles. The fraction of sp³-hybridized carbons (Fsp3) is 0.143. The van der Waals surface area contributed by atoms with Gasteiger partial charge in [-0.3, -0.25) is 0 Å². The zero-order valence-corrected chi connectivity index (χ0v) is 13.7. The van der Waals surface area contributed by atoms with E-state index in [0.717, 1.165) is 22.0 Å². The van der Waals surface area contributed by atoms with E-state index < -0.39 is 0 Å². The highest BCUT2D eigenvalue weighted by atomic mass is 79.9. The van der Waals surface area contributed by atoms with Gasteiger partial charge in [-0.1, -0.05) is 68.3 Å². The summed E-state index contributed by atoms with van der Waals surface area (Å²) in [5.41, 5.74) is 2.55. The highest BCUT2D eigenvalue weighted by Crippen LogP contribution is 2.17. The fourth-order valence-corrected chi connectivity index (χ4v) is 2.47. The maximum Gasteiger partial charge on any atom is 0.0220 e. The summed E-state index contributed by atoms with van der Waals surface area (Å²) in [5, 5.41) is 3.44. The lowest BCUT2D eigenvalue weighted by Gasteiger charge is -2.08. The molecular formula is C14H14Br2ClN. The summed E-state index contributed by atoms with van der Waals surface area (Å²) in [6.45, 7) is 1.73. The van der Waals surface area contributed by atoms with Crippen molar-refractivity contribution >= 4 is 44.3 Å². The van der Waals surface area contributed by atoms with Crippen molar-refractivity contribution in [3.8, 4) is 0 Å². The average molecular weight is 392 g/mol. The zero-order chi connectivity index (χ0) is 12.1. The minimum Gasteiger partial charge on any atom is -0.309 e. The lowest BCUT2D eigenvalue weighted by molar-refractivity contribution is 0.690. The average Bonchev–Trinajstić information content (AvgIpc) is 2.34. The number of hydrogen-bond donors (Lipinski definition) is 1. The molecule has 0 aliphatic heterocycles. The second-order valence-corrected chi connectivity index (χ2v) is 5.50. The van der Waals surface area contributed by atoms with Crippen molar-refractivity contribution in [2.24, 2.45) is 0 Å². The molecule has 0 fully saturated rings. The summed E-state index contributed by atoms with van der Waals surface area (Å²) in [6.07, 6.45) is 0. The molecule has 0 aliphatic carbocycles. The van der Waals surface area contributed by atoms with Crippen molar-refractivity contribution in [1.82, 2.24) is 5.32 Å². The van der Waals surface area contributed by atoms with Crippen LogP contribution in [0.4, 0.5) is 0 Å². The second kappa shape index (κ2) is 7.95. The summed E-state index contributed by atoms with van der Waals surface area (Å²) in [7, 11) is 0. The SMILES string of the molecule is Brc1ccccc1CNCc1ccccc1Br.Cl. The van der Waals surface area contributed by atoms with Gasteiger partial charge in [0.15, 0.2) is 0 Å². The molecule has 4 heteroatoms. The topological polar surface area (TPSA) is 12.0 Å². The van der Waals surface area contributed by atoms with Gasteiger partial charge in [0.1, 0.15) is 0 Å². The van der Waals surface area contributed by atoms with E-state index in [2.05, 4.69) is 73.6 Å². The molecule has 0 radical (unpaired) electrons. The standard InChI is InChI=1S/C14H13Br2N.ClH/c15-13-7-3-1-5-11(13)9-17-10-12-6-2-4-8-14(12)16;/h1-8,17H,9-10H2;1H. The second-order valence-electron chi connectivity index (χ2n) is 3.79. The molecule has 0 aliphatic rings. The van der Waals surface area contributed by atoms with E-state index in [0.29, 0.717) is 0 Å². The fourth-order valence-electron chi connectivity index (χ4n) is 1.62. The first-order valence-corrected chi connectivity index (χ1v) is 7.03. The van der Waals surface area contributed by atoms with Gasteiger partial charge in [0, 0.05) is 22.0 Å². The van der Waals surface area contributed by atoms with Crippen LogP contribution < -0.4 is 5.32 Å². The normalized spacial score (nSPS) is 9.89. The predicted molar refractivity (Wildman–Crippen MR) is 86.1 cm³/mol. The quantitative estimate of drug-likeness (QED) is 0.780. The Balaban J connectivity index is 0.00000162. The Morgan fingerprint density at radius 2 is 1.11 bits per heavy atom. The zero-order valence-electron chi connectivity index (χ0n) is 9.70. The molecule has 0 saturated carbocycles. The molecule has 2 aromatic carbocycles. The van der Waals surface area contributed by atoms with Crippen molar-refractivity contribution < 1.29 is 0 Å². The van der Waals surface area contributed by atoms with Crippen LogP contribution in [0.5, 0.6) is 0 Å². The van der Waals surface area contributed by atoms with Crippen molar-refractivity contribution in [1.29, 1.82) is 0 Å². The number of rotatable bonds is 4. The third-order valence-corrected chi connectivity index (χ3v) is 4.09. The van der Waals surface area contributed by atoms with Crippen LogP contribution in [0, 0.1) is 0 Å². The molecule has 0 bridgehead atoms. The minimum atomic E-state index is 0. The monoisotopic (exact) mass is 389 g/mol. The first-order valence-electron chi connectivity index (χ1n) is 5.45. The van der Waals surface area contributed by atoms with Crippen LogP contribution in [0.25, 0.3) is 0 Å². The lowest BCUT2D eigenvalue weighted by atomic mass is 10.2. The molecule has 0 atom stereocenters. The molecule has 1 N–H and O–H groups in total. The maximum absolute atomic E-state index is 3.55. The highest BCUT2D eigenvalue weighted by Gasteiger charge is 2.00.